The van der Waals surface area contributed by atoms with Gasteiger partial charge in [-0.2, -0.15) is 4.74 Å². The van der Waals surface area contributed by atoms with E-state index in [1.54, 1.807) is 0 Å². The van der Waals surface area contributed by atoms with Crippen molar-refractivity contribution in [3.63, 3.8) is 0 Å². The summed E-state index contributed by atoms with van der Waals surface area (Å²) < 4.78 is 11.6. The summed E-state index contributed by atoms with van der Waals surface area (Å²) in [5.41, 5.74) is 1.81. The molecular weight excluding hydrogens is 220 g/mol. The van der Waals surface area contributed by atoms with Crippen molar-refractivity contribution in [1.29, 1.82) is 0 Å². The molecule has 5 heteroatoms. The molecule has 0 amide bonds. The number of nitrogens with one attached hydrogen (secondary N) is 1. The van der Waals surface area contributed by atoms with E-state index in [1.807, 2.05) is 32.9 Å². The van der Waals surface area contributed by atoms with Crippen molar-refractivity contribution >= 4 is 11.4 Å². The number of fused-ring (bicyclic) bond motifs is 2. The molecule has 1 N–H and O–H groups in total. The predicted molar refractivity (Wildman–Crippen MR) is 63.7 cm³/mol. The van der Waals surface area contributed by atoms with Crippen LogP contribution >= 0.6 is 0 Å². The number of anilines is 1. The van der Waals surface area contributed by atoms with Gasteiger partial charge in [0.1, 0.15) is 0 Å². The molecule has 2 aliphatic heterocycles. The molecule has 3 rings (SSSR count). The fourth-order valence-corrected chi connectivity index (χ4v) is 2.25. The molecular formula is C12H14N2O3. The fourth-order valence-electron chi connectivity index (χ4n) is 2.25. The second-order valence-corrected chi connectivity index (χ2v) is 4.81. The van der Waals surface area contributed by atoms with E-state index >= 15 is 0 Å². The molecule has 0 bridgehead atoms. The summed E-state index contributed by atoms with van der Waals surface area (Å²) in [4.78, 5) is 0. The highest BCUT2D eigenvalue weighted by Crippen LogP contribution is 2.39. The van der Waals surface area contributed by atoms with Gasteiger partial charge in [0.25, 0.3) is 0 Å². The van der Waals surface area contributed by atoms with Crippen LogP contribution in [0.15, 0.2) is 12.1 Å². The van der Waals surface area contributed by atoms with Gasteiger partial charge >= 0.3 is 0 Å². The Morgan fingerprint density at radius 2 is 1.94 bits per heavy atom. The summed E-state index contributed by atoms with van der Waals surface area (Å²) in [6.45, 7) is 5.74. The normalized spacial score (nSPS) is 19.9. The van der Waals surface area contributed by atoms with Gasteiger partial charge in [0.15, 0.2) is 17.2 Å². The molecule has 1 aromatic carbocycles. The molecule has 0 fully saturated rings. The van der Waals surface area contributed by atoms with Crippen LogP contribution in [0.25, 0.3) is 0 Å². The summed E-state index contributed by atoms with van der Waals surface area (Å²) in [6, 6.07) is 3.73. The van der Waals surface area contributed by atoms with Crippen LogP contribution in [-0.4, -0.2) is 22.9 Å². The first-order valence-electron chi connectivity index (χ1n) is 5.52. The van der Waals surface area contributed by atoms with Gasteiger partial charge in [-0.1, -0.05) is 0 Å². The second kappa shape index (κ2) is 3.06. The van der Waals surface area contributed by atoms with Crippen LogP contribution in [0.4, 0.5) is 5.69 Å². The topological polar surface area (TPSA) is 56.6 Å². The first kappa shape index (κ1) is 10.3. The van der Waals surface area contributed by atoms with Crippen molar-refractivity contribution in [2.24, 2.45) is 0 Å². The minimum Gasteiger partial charge on any atom is -0.622 e. The summed E-state index contributed by atoms with van der Waals surface area (Å²) in [5, 5.41) is 15.3. The van der Waals surface area contributed by atoms with E-state index in [4.69, 9.17) is 9.47 Å². The summed E-state index contributed by atoms with van der Waals surface area (Å²) in [6.07, 6.45) is 0. The molecule has 0 saturated carbocycles. The van der Waals surface area contributed by atoms with Crippen molar-refractivity contribution in [3.05, 3.63) is 22.9 Å². The van der Waals surface area contributed by atoms with Gasteiger partial charge in [-0.3, -0.25) is 0 Å². The standard InChI is InChI=1S/C12H14N2O3/c1-7-8-4-10-11(17-6-16-10)5-9(8)13-12(2,3)14(7)15/h4-5,13H,6H2,1-3H3. The van der Waals surface area contributed by atoms with Crippen molar-refractivity contribution < 1.29 is 14.2 Å². The first-order chi connectivity index (χ1) is 7.99. The lowest BCUT2D eigenvalue weighted by Crippen LogP contribution is -2.46. The lowest BCUT2D eigenvalue weighted by molar-refractivity contribution is -0.533. The highest BCUT2D eigenvalue weighted by molar-refractivity contribution is 6.02. The number of hydrogen-bond donors (Lipinski definition) is 1. The Bertz CT molecular complexity index is 535. The molecule has 90 valence electrons. The van der Waals surface area contributed by atoms with Gasteiger partial charge in [0.05, 0.1) is 11.3 Å². The van der Waals surface area contributed by atoms with Crippen molar-refractivity contribution in [2.75, 3.05) is 12.1 Å². The first-order valence-corrected chi connectivity index (χ1v) is 5.52. The molecule has 2 aliphatic rings. The third-order valence-electron chi connectivity index (χ3n) is 3.16. The molecule has 0 aliphatic carbocycles. The van der Waals surface area contributed by atoms with Crippen molar-refractivity contribution in [1.82, 2.24) is 0 Å². The monoisotopic (exact) mass is 234 g/mol. The largest absolute Gasteiger partial charge is 0.622 e. The number of benzene rings is 1. The van der Waals surface area contributed by atoms with E-state index in [9.17, 15) is 5.21 Å². The Morgan fingerprint density at radius 1 is 1.29 bits per heavy atom. The van der Waals surface area contributed by atoms with Gasteiger partial charge in [-0.15, -0.1) is 0 Å². The van der Waals surface area contributed by atoms with E-state index in [2.05, 4.69) is 5.32 Å². The van der Waals surface area contributed by atoms with Crippen LogP contribution in [0.2, 0.25) is 0 Å². The van der Waals surface area contributed by atoms with E-state index < -0.39 is 5.66 Å². The average molecular weight is 234 g/mol. The van der Waals surface area contributed by atoms with Gasteiger partial charge in [-0.05, 0) is 6.07 Å². The van der Waals surface area contributed by atoms with Crippen LogP contribution in [0.3, 0.4) is 0 Å². The van der Waals surface area contributed by atoms with Gasteiger partial charge in [0.2, 0.25) is 12.5 Å². The summed E-state index contributed by atoms with van der Waals surface area (Å²) >= 11 is 0. The van der Waals surface area contributed by atoms with Crippen LogP contribution in [0.5, 0.6) is 11.5 Å². The molecule has 0 spiro atoms. The van der Waals surface area contributed by atoms with E-state index in [0.717, 1.165) is 21.7 Å². The summed E-state index contributed by atoms with van der Waals surface area (Å²) in [5.74, 6) is 1.41. The average Bonchev–Trinajstić information content (AvgIpc) is 2.71. The highest BCUT2D eigenvalue weighted by atomic mass is 16.7. The van der Waals surface area contributed by atoms with E-state index in [1.165, 1.54) is 0 Å². The van der Waals surface area contributed by atoms with Crippen LogP contribution in [0, 0.1) is 5.21 Å². The Morgan fingerprint density at radius 3 is 2.65 bits per heavy atom. The zero-order chi connectivity index (χ0) is 12.2. The number of nitrogens with zero attached hydrogens (tertiary/aromatic N) is 1. The maximum Gasteiger partial charge on any atom is 0.240 e. The molecule has 2 heterocycles. The minimum absolute atomic E-state index is 0.238. The van der Waals surface area contributed by atoms with E-state index in [-0.39, 0.29) is 6.79 Å². The maximum atomic E-state index is 12.1. The number of ether oxygens (including phenoxy) is 2. The zero-order valence-corrected chi connectivity index (χ0v) is 10.0. The lowest BCUT2D eigenvalue weighted by Gasteiger charge is -2.32. The third-order valence-corrected chi connectivity index (χ3v) is 3.16. The predicted octanol–water partition coefficient (Wildman–Crippen LogP) is 1.90. The van der Waals surface area contributed by atoms with Crippen LogP contribution in [-0.2, 0) is 0 Å². The molecule has 0 saturated heterocycles. The molecule has 0 aromatic heterocycles. The number of hydrogen-bond acceptors (Lipinski definition) is 4. The maximum absolute atomic E-state index is 12.1. The molecule has 5 nitrogen and oxygen atoms in total. The molecule has 0 radical (unpaired) electrons. The zero-order valence-electron chi connectivity index (χ0n) is 10.0. The third kappa shape index (κ3) is 1.35. The Hall–Kier alpha value is -1.91. The van der Waals surface area contributed by atoms with Crippen LogP contribution in [0.1, 0.15) is 26.3 Å². The lowest BCUT2D eigenvalue weighted by atomic mass is 10.0. The highest BCUT2D eigenvalue weighted by Gasteiger charge is 2.36. The van der Waals surface area contributed by atoms with Gasteiger partial charge < -0.3 is 20.0 Å². The van der Waals surface area contributed by atoms with Crippen LogP contribution < -0.4 is 14.8 Å². The fraction of sp³-hybridized carbons (Fsp3) is 0.417. The van der Waals surface area contributed by atoms with Gasteiger partial charge in [0, 0.05) is 26.8 Å². The van der Waals surface area contributed by atoms with E-state index in [0.29, 0.717) is 11.5 Å². The number of rotatable bonds is 0. The van der Waals surface area contributed by atoms with Crippen molar-refractivity contribution in [3.8, 4) is 11.5 Å². The van der Waals surface area contributed by atoms with Crippen molar-refractivity contribution in [2.45, 2.75) is 26.4 Å². The Kier molecular flexibility index (Phi) is 1.85. The Balaban J connectivity index is 2.21. The quantitative estimate of drug-likeness (QED) is 0.550. The molecule has 1 aromatic rings. The minimum atomic E-state index is -0.648. The number of hydroxylamine groups is 1. The second-order valence-electron chi connectivity index (χ2n) is 4.81. The Labute approximate surface area is 99.2 Å². The SMILES string of the molecule is CC1=[N+]([O-])C(C)(C)Nc2cc3c(cc21)OCO3. The molecule has 0 atom stereocenters. The smallest absolute Gasteiger partial charge is 0.240 e. The molecule has 0 unspecified atom stereocenters. The summed E-state index contributed by atoms with van der Waals surface area (Å²) in [7, 11) is 0. The van der Waals surface area contributed by atoms with Gasteiger partial charge in [-0.25, -0.2) is 0 Å². The molecule has 17 heavy (non-hydrogen) atoms.